The number of amides is 3. The number of carbonyl (C=O) groups is 3. The van der Waals surface area contributed by atoms with Crippen molar-refractivity contribution >= 4 is 29.3 Å². The number of anilines is 2. The van der Waals surface area contributed by atoms with E-state index in [4.69, 9.17) is 0 Å². The number of rotatable bonds is 5. The van der Waals surface area contributed by atoms with E-state index in [2.05, 4.69) is 0 Å². The minimum absolute atomic E-state index is 0.0501. The fourth-order valence-corrected chi connectivity index (χ4v) is 6.39. The molecule has 39 heavy (non-hydrogen) atoms. The van der Waals surface area contributed by atoms with Gasteiger partial charge in [-0.15, -0.1) is 0 Å². The summed E-state index contributed by atoms with van der Waals surface area (Å²) in [6.45, 7) is 2.68. The SMILES string of the molecule is Cc1ccc2c(c1)N(C(=O)N1CCC(CC(=O)N(c3ccccc3)C3CCCC(F)(F)C3)CC1C(=O)O)CC2. The molecule has 2 aromatic rings. The molecule has 0 spiro atoms. The van der Waals surface area contributed by atoms with E-state index in [1.54, 1.807) is 29.2 Å². The van der Waals surface area contributed by atoms with Crippen LogP contribution in [0.5, 0.6) is 0 Å². The molecule has 1 saturated heterocycles. The number of carboxylic acids is 1. The van der Waals surface area contributed by atoms with Crippen LogP contribution in [0, 0.1) is 12.8 Å². The molecule has 7 nitrogen and oxygen atoms in total. The number of para-hydroxylation sites is 1. The van der Waals surface area contributed by atoms with E-state index in [0.29, 0.717) is 31.5 Å². The van der Waals surface area contributed by atoms with E-state index in [9.17, 15) is 28.3 Å². The van der Waals surface area contributed by atoms with Crippen molar-refractivity contribution in [1.29, 1.82) is 0 Å². The monoisotopic (exact) mass is 539 g/mol. The Morgan fingerprint density at radius 2 is 1.85 bits per heavy atom. The molecule has 2 fully saturated rings. The van der Waals surface area contributed by atoms with Crippen molar-refractivity contribution in [3.8, 4) is 0 Å². The number of alkyl halides is 2. The molecule has 2 aliphatic heterocycles. The normalized spacial score (nSPS) is 24.2. The maximum atomic E-state index is 14.3. The zero-order chi connectivity index (χ0) is 27.7. The first-order valence-electron chi connectivity index (χ1n) is 13.8. The molecule has 3 aliphatic rings. The smallest absolute Gasteiger partial charge is 0.326 e. The summed E-state index contributed by atoms with van der Waals surface area (Å²) in [5.74, 6) is -4.47. The molecule has 2 heterocycles. The summed E-state index contributed by atoms with van der Waals surface area (Å²) in [6.07, 6.45) is 1.67. The van der Waals surface area contributed by atoms with Gasteiger partial charge in [0.15, 0.2) is 0 Å². The third-order valence-electron chi connectivity index (χ3n) is 8.35. The first-order valence-corrected chi connectivity index (χ1v) is 13.8. The van der Waals surface area contributed by atoms with Crippen LogP contribution < -0.4 is 9.80 Å². The molecule has 208 valence electrons. The Bertz CT molecular complexity index is 1240. The predicted octanol–water partition coefficient (Wildman–Crippen LogP) is 5.64. The number of hydrogen-bond donors (Lipinski definition) is 1. The van der Waals surface area contributed by atoms with Crippen LogP contribution in [0.3, 0.4) is 0 Å². The molecule has 0 bridgehead atoms. The first kappa shape index (κ1) is 27.1. The number of piperidine rings is 1. The molecule has 2 aromatic carbocycles. The third kappa shape index (κ3) is 5.77. The minimum Gasteiger partial charge on any atom is -0.480 e. The number of halogens is 2. The second-order valence-corrected chi connectivity index (χ2v) is 11.2. The van der Waals surface area contributed by atoms with Crippen LogP contribution >= 0.6 is 0 Å². The van der Waals surface area contributed by atoms with Gasteiger partial charge in [-0.1, -0.05) is 30.3 Å². The summed E-state index contributed by atoms with van der Waals surface area (Å²) in [5, 5.41) is 10.0. The lowest BCUT2D eigenvalue weighted by Gasteiger charge is -2.41. The maximum absolute atomic E-state index is 14.3. The quantitative estimate of drug-likeness (QED) is 0.533. The molecule has 3 amide bonds. The molecule has 3 atom stereocenters. The van der Waals surface area contributed by atoms with Crippen LogP contribution in [-0.2, 0) is 16.0 Å². The average molecular weight is 540 g/mol. The summed E-state index contributed by atoms with van der Waals surface area (Å²) in [4.78, 5) is 44.0. The lowest BCUT2D eigenvalue weighted by atomic mass is 9.86. The van der Waals surface area contributed by atoms with Crippen LogP contribution in [0.15, 0.2) is 48.5 Å². The Morgan fingerprint density at radius 3 is 2.56 bits per heavy atom. The second-order valence-electron chi connectivity index (χ2n) is 11.2. The van der Waals surface area contributed by atoms with Crippen molar-refractivity contribution in [1.82, 2.24) is 4.90 Å². The second kappa shape index (κ2) is 10.9. The molecule has 3 unspecified atom stereocenters. The Labute approximate surface area is 227 Å². The summed E-state index contributed by atoms with van der Waals surface area (Å²) in [5.41, 5.74) is 3.49. The van der Waals surface area contributed by atoms with E-state index in [1.807, 2.05) is 31.2 Å². The predicted molar refractivity (Wildman–Crippen MR) is 144 cm³/mol. The lowest BCUT2D eigenvalue weighted by molar-refractivity contribution is -0.144. The number of nitrogens with zero attached hydrogens (tertiary/aromatic N) is 3. The van der Waals surface area contributed by atoms with Crippen molar-refractivity contribution in [2.75, 3.05) is 22.9 Å². The number of benzene rings is 2. The standard InChI is InChI=1S/C30H35F2N3O4/c1-20-9-10-22-12-15-33(25(22)16-20)29(39)34-14-11-21(17-26(34)28(37)38)18-27(36)35(23-6-3-2-4-7-23)24-8-5-13-30(31,32)19-24/h2-4,6-7,9-10,16,21,24,26H,5,8,11-15,17-19H2,1H3,(H,37,38). The van der Waals surface area contributed by atoms with Crippen molar-refractivity contribution in [2.45, 2.75) is 76.3 Å². The Hall–Kier alpha value is -3.49. The Kier molecular flexibility index (Phi) is 7.60. The Balaban J connectivity index is 1.30. The number of carbonyl (C=O) groups excluding carboxylic acids is 2. The zero-order valence-electron chi connectivity index (χ0n) is 22.2. The summed E-state index contributed by atoms with van der Waals surface area (Å²) in [6, 6.07) is 12.8. The topological polar surface area (TPSA) is 81.2 Å². The number of carboxylic acid groups (broad SMARTS) is 1. The van der Waals surface area contributed by atoms with Crippen LogP contribution in [-0.4, -0.2) is 59.0 Å². The van der Waals surface area contributed by atoms with Crippen molar-refractivity contribution in [3.05, 3.63) is 59.7 Å². The largest absolute Gasteiger partial charge is 0.480 e. The highest BCUT2D eigenvalue weighted by atomic mass is 19.3. The summed E-state index contributed by atoms with van der Waals surface area (Å²) in [7, 11) is 0. The van der Waals surface area contributed by atoms with Gasteiger partial charge in [-0.25, -0.2) is 18.4 Å². The molecule has 0 radical (unpaired) electrons. The van der Waals surface area contributed by atoms with Crippen LogP contribution in [0.1, 0.15) is 56.1 Å². The van der Waals surface area contributed by atoms with Gasteiger partial charge in [0, 0.05) is 49.8 Å². The highest BCUT2D eigenvalue weighted by molar-refractivity contribution is 5.97. The van der Waals surface area contributed by atoms with Gasteiger partial charge in [-0.2, -0.15) is 0 Å². The van der Waals surface area contributed by atoms with E-state index in [1.165, 1.54) is 9.80 Å². The van der Waals surface area contributed by atoms with Gasteiger partial charge < -0.3 is 14.9 Å². The first-order chi connectivity index (χ1) is 18.6. The number of aryl methyl sites for hydroxylation is 1. The molecular weight excluding hydrogens is 504 g/mol. The fraction of sp³-hybridized carbons (Fsp3) is 0.500. The van der Waals surface area contributed by atoms with Gasteiger partial charge in [-0.3, -0.25) is 9.69 Å². The molecule has 5 rings (SSSR count). The Morgan fingerprint density at radius 1 is 1.08 bits per heavy atom. The van der Waals surface area contributed by atoms with Gasteiger partial charge in [0.25, 0.3) is 0 Å². The maximum Gasteiger partial charge on any atom is 0.326 e. The highest BCUT2D eigenvalue weighted by Gasteiger charge is 2.43. The fourth-order valence-electron chi connectivity index (χ4n) is 6.39. The van der Waals surface area contributed by atoms with Gasteiger partial charge in [0.05, 0.1) is 0 Å². The number of aliphatic carboxylic acids is 1. The minimum atomic E-state index is -2.82. The lowest BCUT2D eigenvalue weighted by Crippen LogP contribution is -2.55. The summed E-state index contributed by atoms with van der Waals surface area (Å²) >= 11 is 0. The molecule has 0 aromatic heterocycles. The molecule has 1 aliphatic carbocycles. The molecule has 1 saturated carbocycles. The van der Waals surface area contributed by atoms with E-state index >= 15 is 0 Å². The number of fused-ring (bicyclic) bond motifs is 1. The van der Waals surface area contributed by atoms with Crippen molar-refractivity contribution in [2.24, 2.45) is 5.92 Å². The molecular formula is C30H35F2N3O4. The highest BCUT2D eigenvalue weighted by Crippen LogP contribution is 2.38. The van der Waals surface area contributed by atoms with Crippen LogP contribution in [0.4, 0.5) is 25.0 Å². The van der Waals surface area contributed by atoms with Crippen LogP contribution in [0.25, 0.3) is 0 Å². The van der Waals surface area contributed by atoms with E-state index in [-0.39, 0.29) is 50.1 Å². The molecule has 1 N–H and O–H groups in total. The van der Waals surface area contributed by atoms with E-state index in [0.717, 1.165) is 23.2 Å². The van der Waals surface area contributed by atoms with Gasteiger partial charge in [-0.05, 0) is 74.3 Å². The van der Waals surface area contributed by atoms with E-state index < -0.39 is 24.0 Å². The van der Waals surface area contributed by atoms with Gasteiger partial charge >= 0.3 is 12.0 Å². The van der Waals surface area contributed by atoms with Crippen LogP contribution in [0.2, 0.25) is 0 Å². The number of urea groups is 1. The number of hydrogen-bond acceptors (Lipinski definition) is 3. The summed E-state index contributed by atoms with van der Waals surface area (Å²) < 4.78 is 28.6. The molecule has 9 heteroatoms. The van der Waals surface area contributed by atoms with Gasteiger partial charge in [0.1, 0.15) is 6.04 Å². The zero-order valence-corrected chi connectivity index (χ0v) is 22.2. The number of likely N-dealkylation sites (tertiary alicyclic amines) is 1. The van der Waals surface area contributed by atoms with Crippen molar-refractivity contribution in [3.63, 3.8) is 0 Å². The van der Waals surface area contributed by atoms with Crippen molar-refractivity contribution < 1.29 is 28.3 Å². The average Bonchev–Trinajstić information content (AvgIpc) is 3.31. The van der Waals surface area contributed by atoms with Gasteiger partial charge in [0.2, 0.25) is 11.8 Å². The third-order valence-corrected chi connectivity index (χ3v) is 8.35.